The van der Waals surface area contributed by atoms with Gasteiger partial charge in [0.1, 0.15) is 5.82 Å². The van der Waals surface area contributed by atoms with E-state index in [1.54, 1.807) is 0 Å². The highest BCUT2D eigenvalue weighted by Crippen LogP contribution is 2.41. The molecule has 1 heterocycles. The monoisotopic (exact) mass is 289 g/mol. The molecule has 16 heavy (non-hydrogen) atoms. The fourth-order valence-electron chi connectivity index (χ4n) is 2.09. The maximum Gasteiger partial charge on any atom is 0.164 e. The summed E-state index contributed by atoms with van der Waals surface area (Å²) in [6, 6.07) is 1.17. The maximum atomic E-state index is 13.9. The average molecular weight is 290 g/mol. The topological polar surface area (TPSA) is 52.5 Å². The Balaban J connectivity index is 2.45. The maximum absolute atomic E-state index is 13.9. The van der Waals surface area contributed by atoms with Gasteiger partial charge >= 0.3 is 0 Å². The van der Waals surface area contributed by atoms with Crippen LogP contribution < -0.4 is 5.32 Å². The molecule has 1 atom stereocenters. The molecule has 3 nitrogen and oxygen atoms in total. The highest BCUT2D eigenvalue weighted by Gasteiger charge is 2.25. The smallest absolute Gasteiger partial charge is 0.164 e. The number of phenolic OH excluding ortho intramolecular Hbond substituents is 2. The lowest BCUT2D eigenvalue weighted by Gasteiger charge is -2.24. The van der Waals surface area contributed by atoms with Crippen molar-refractivity contribution >= 4 is 15.9 Å². The number of hydrogen-bond acceptors (Lipinski definition) is 3. The van der Waals surface area contributed by atoms with Gasteiger partial charge in [-0.05, 0) is 35.3 Å². The van der Waals surface area contributed by atoms with Crippen LogP contribution in [-0.4, -0.2) is 23.3 Å². The SMILES string of the molecule is Oc1cc(Br)c(F)c(C2CCCNC2)c1O. The van der Waals surface area contributed by atoms with E-state index in [0.29, 0.717) is 6.54 Å². The second kappa shape index (κ2) is 4.59. The Bertz CT molecular complexity index is 379. The molecule has 1 aliphatic rings. The summed E-state index contributed by atoms with van der Waals surface area (Å²) >= 11 is 3.03. The number of piperidine rings is 1. The molecule has 0 amide bonds. The molecule has 1 aliphatic heterocycles. The first-order chi connectivity index (χ1) is 7.61. The first-order valence-corrected chi connectivity index (χ1v) is 6.01. The van der Waals surface area contributed by atoms with Crippen LogP contribution in [0, 0.1) is 5.82 Å². The molecule has 1 saturated heterocycles. The normalized spacial score (nSPS) is 21.0. The van der Waals surface area contributed by atoms with Crippen LogP contribution in [0.4, 0.5) is 4.39 Å². The first kappa shape index (κ1) is 11.7. The largest absolute Gasteiger partial charge is 0.504 e. The van der Waals surface area contributed by atoms with Crippen molar-refractivity contribution in [3.8, 4) is 11.5 Å². The van der Waals surface area contributed by atoms with Gasteiger partial charge in [0.25, 0.3) is 0 Å². The third-order valence-corrected chi connectivity index (χ3v) is 3.49. The number of aromatic hydroxyl groups is 2. The minimum atomic E-state index is -0.482. The van der Waals surface area contributed by atoms with Crippen molar-refractivity contribution in [1.82, 2.24) is 5.32 Å². The van der Waals surface area contributed by atoms with E-state index in [2.05, 4.69) is 21.2 Å². The van der Waals surface area contributed by atoms with E-state index in [1.165, 1.54) is 6.07 Å². The van der Waals surface area contributed by atoms with Crippen LogP contribution in [0.15, 0.2) is 10.5 Å². The standard InChI is InChI=1S/C11H13BrFNO2/c12-7-4-8(15)11(16)9(10(7)13)6-2-1-3-14-5-6/h4,6,14-16H,1-3,5H2. The Hall–Kier alpha value is -0.810. The Morgan fingerprint density at radius 3 is 2.81 bits per heavy atom. The Kier molecular flexibility index (Phi) is 3.35. The van der Waals surface area contributed by atoms with Gasteiger partial charge in [-0.1, -0.05) is 0 Å². The van der Waals surface area contributed by atoms with E-state index in [4.69, 9.17) is 0 Å². The minimum Gasteiger partial charge on any atom is -0.504 e. The van der Waals surface area contributed by atoms with Crippen LogP contribution in [0.3, 0.4) is 0 Å². The molecule has 0 aliphatic carbocycles. The van der Waals surface area contributed by atoms with Crippen molar-refractivity contribution < 1.29 is 14.6 Å². The summed E-state index contributed by atoms with van der Waals surface area (Å²) in [5.74, 6) is -1.19. The summed E-state index contributed by atoms with van der Waals surface area (Å²) in [5, 5.41) is 22.3. The minimum absolute atomic E-state index is 0.0860. The molecule has 0 radical (unpaired) electrons. The molecular weight excluding hydrogens is 277 g/mol. The van der Waals surface area contributed by atoms with Crippen LogP contribution in [0.5, 0.6) is 11.5 Å². The molecule has 0 bridgehead atoms. The number of nitrogens with one attached hydrogen (secondary N) is 1. The van der Waals surface area contributed by atoms with E-state index in [0.717, 1.165) is 19.4 Å². The van der Waals surface area contributed by atoms with Crippen LogP contribution in [0.2, 0.25) is 0 Å². The van der Waals surface area contributed by atoms with Gasteiger partial charge in [0.15, 0.2) is 11.5 Å². The van der Waals surface area contributed by atoms with Crippen molar-refractivity contribution in [3.63, 3.8) is 0 Å². The molecule has 0 aromatic heterocycles. The number of phenols is 2. The van der Waals surface area contributed by atoms with Gasteiger partial charge in [0, 0.05) is 24.1 Å². The van der Waals surface area contributed by atoms with Crippen LogP contribution in [0.1, 0.15) is 24.3 Å². The zero-order chi connectivity index (χ0) is 11.7. The van der Waals surface area contributed by atoms with Gasteiger partial charge in [-0.25, -0.2) is 4.39 Å². The molecule has 1 fully saturated rings. The predicted octanol–water partition coefficient (Wildman–Crippen LogP) is 2.47. The molecule has 5 heteroatoms. The predicted molar refractivity (Wildman–Crippen MR) is 62.3 cm³/mol. The van der Waals surface area contributed by atoms with Crippen LogP contribution in [-0.2, 0) is 0 Å². The summed E-state index contributed by atoms with van der Waals surface area (Å²) in [7, 11) is 0. The highest BCUT2D eigenvalue weighted by molar-refractivity contribution is 9.10. The average Bonchev–Trinajstić information content (AvgIpc) is 2.28. The second-order valence-electron chi connectivity index (χ2n) is 4.00. The van der Waals surface area contributed by atoms with Gasteiger partial charge in [-0.3, -0.25) is 0 Å². The Morgan fingerprint density at radius 2 is 2.19 bits per heavy atom. The van der Waals surface area contributed by atoms with Crippen molar-refractivity contribution in [2.45, 2.75) is 18.8 Å². The summed E-state index contributed by atoms with van der Waals surface area (Å²) in [6.07, 6.45) is 1.75. The fraction of sp³-hybridized carbons (Fsp3) is 0.455. The zero-order valence-electron chi connectivity index (χ0n) is 8.63. The summed E-state index contributed by atoms with van der Waals surface area (Å²) in [6.45, 7) is 1.54. The van der Waals surface area contributed by atoms with Crippen LogP contribution in [0.25, 0.3) is 0 Å². The van der Waals surface area contributed by atoms with Crippen molar-refractivity contribution in [2.75, 3.05) is 13.1 Å². The molecule has 88 valence electrons. The molecule has 2 rings (SSSR count). The lowest BCUT2D eigenvalue weighted by molar-refractivity contribution is 0.374. The van der Waals surface area contributed by atoms with Gasteiger partial charge < -0.3 is 15.5 Å². The first-order valence-electron chi connectivity index (χ1n) is 5.21. The van der Waals surface area contributed by atoms with Gasteiger partial charge in [0.05, 0.1) is 4.47 Å². The van der Waals surface area contributed by atoms with Crippen molar-refractivity contribution in [3.05, 3.63) is 21.9 Å². The summed E-state index contributed by atoms with van der Waals surface area (Å²) in [4.78, 5) is 0. The van der Waals surface area contributed by atoms with Crippen molar-refractivity contribution in [2.24, 2.45) is 0 Å². The molecular formula is C11H13BrFNO2. The Labute approximate surface area is 101 Å². The lowest BCUT2D eigenvalue weighted by Crippen LogP contribution is -2.29. The number of rotatable bonds is 1. The summed E-state index contributed by atoms with van der Waals surface area (Å²) in [5.41, 5.74) is 0.207. The molecule has 0 spiro atoms. The van der Waals surface area contributed by atoms with E-state index in [-0.39, 0.29) is 27.5 Å². The number of benzene rings is 1. The third-order valence-electron chi connectivity index (χ3n) is 2.91. The van der Waals surface area contributed by atoms with Gasteiger partial charge in [0.2, 0.25) is 0 Å². The third kappa shape index (κ3) is 2.01. The van der Waals surface area contributed by atoms with E-state index in [1.807, 2.05) is 0 Å². The van der Waals surface area contributed by atoms with E-state index >= 15 is 0 Å². The zero-order valence-corrected chi connectivity index (χ0v) is 10.2. The highest BCUT2D eigenvalue weighted by atomic mass is 79.9. The second-order valence-corrected chi connectivity index (χ2v) is 4.85. The molecule has 1 aromatic rings. The molecule has 0 saturated carbocycles. The fourth-order valence-corrected chi connectivity index (χ4v) is 2.52. The van der Waals surface area contributed by atoms with E-state index in [9.17, 15) is 14.6 Å². The number of hydrogen-bond donors (Lipinski definition) is 3. The Morgan fingerprint density at radius 1 is 1.44 bits per heavy atom. The number of halogens is 2. The van der Waals surface area contributed by atoms with Crippen LogP contribution >= 0.6 is 15.9 Å². The summed E-state index contributed by atoms with van der Waals surface area (Å²) < 4.78 is 14.1. The lowest BCUT2D eigenvalue weighted by atomic mass is 9.90. The van der Waals surface area contributed by atoms with Crippen molar-refractivity contribution in [1.29, 1.82) is 0 Å². The molecule has 1 unspecified atom stereocenters. The quantitative estimate of drug-likeness (QED) is 0.696. The van der Waals surface area contributed by atoms with E-state index < -0.39 is 5.82 Å². The van der Waals surface area contributed by atoms with Gasteiger partial charge in [-0.2, -0.15) is 0 Å². The molecule has 1 aromatic carbocycles. The van der Waals surface area contributed by atoms with Gasteiger partial charge in [-0.15, -0.1) is 0 Å². The molecule has 3 N–H and O–H groups in total.